The molecule has 1 aromatic rings. The Morgan fingerprint density at radius 1 is 1.36 bits per heavy atom. The van der Waals surface area contributed by atoms with E-state index in [0.29, 0.717) is 6.54 Å². The van der Waals surface area contributed by atoms with E-state index in [2.05, 4.69) is 34.2 Å². The van der Waals surface area contributed by atoms with Crippen molar-refractivity contribution in [1.29, 1.82) is 0 Å². The molecule has 2 nitrogen and oxygen atoms in total. The lowest BCUT2D eigenvalue weighted by molar-refractivity contribution is 0.638. The number of hydrogen-bond acceptors (Lipinski definition) is 3. The summed E-state index contributed by atoms with van der Waals surface area (Å²) in [4.78, 5) is 0. The Hall–Kier alpha value is -0.820. The predicted molar refractivity (Wildman–Crippen MR) is 62.5 cm³/mol. The van der Waals surface area contributed by atoms with E-state index in [1.165, 1.54) is 11.1 Å². The standard InChI is InChI=1S/C11H16N2S/c1-3-4-12-5-6-13-7-11-9-14-8-10(11)2/h1,8-9,12-13H,4-7H2,2H3. The Labute approximate surface area is 89.7 Å². The van der Waals surface area contributed by atoms with Crippen molar-refractivity contribution in [3.63, 3.8) is 0 Å². The van der Waals surface area contributed by atoms with Gasteiger partial charge in [0.2, 0.25) is 0 Å². The highest BCUT2D eigenvalue weighted by Gasteiger charge is 1.97. The van der Waals surface area contributed by atoms with Crippen molar-refractivity contribution in [2.75, 3.05) is 19.6 Å². The molecule has 0 aliphatic rings. The fourth-order valence-corrected chi connectivity index (χ4v) is 1.99. The van der Waals surface area contributed by atoms with Crippen molar-refractivity contribution in [2.45, 2.75) is 13.5 Å². The quantitative estimate of drug-likeness (QED) is 0.545. The van der Waals surface area contributed by atoms with Gasteiger partial charge < -0.3 is 10.6 Å². The third kappa shape index (κ3) is 3.93. The van der Waals surface area contributed by atoms with Gasteiger partial charge in [0, 0.05) is 19.6 Å². The summed E-state index contributed by atoms with van der Waals surface area (Å²) in [6.45, 7) is 5.63. The molecule has 1 aromatic heterocycles. The molecule has 0 radical (unpaired) electrons. The monoisotopic (exact) mass is 208 g/mol. The van der Waals surface area contributed by atoms with Gasteiger partial charge in [0.15, 0.2) is 0 Å². The van der Waals surface area contributed by atoms with Crippen LogP contribution in [0.25, 0.3) is 0 Å². The molecular weight excluding hydrogens is 192 g/mol. The first-order valence-electron chi connectivity index (χ1n) is 4.71. The molecule has 0 amide bonds. The summed E-state index contributed by atoms with van der Waals surface area (Å²) >= 11 is 1.76. The molecule has 0 spiro atoms. The number of aryl methyl sites for hydroxylation is 1. The highest BCUT2D eigenvalue weighted by atomic mass is 32.1. The molecule has 0 saturated carbocycles. The summed E-state index contributed by atoms with van der Waals surface area (Å²) < 4.78 is 0. The van der Waals surface area contributed by atoms with Crippen LogP contribution in [0.5, 0.6) is 0 Å². The predicted octanol–water partition coefficient (Wildman–Crippen LogP) is 1.37. The zero-order chi connectivity index (χ0) is 10.2. The second-order valence-electron chi connectivity index (χ2n) is 3.14. The third-order valence-corrected chi connectivity index (χ3v) is 2.89. The van der Waals surface area contributed by atoms with Crippen molar-refractivity contribution < 1.29 is 0 Å². The van der Waals surface area contributed by atoms with E-state index >= 15 is 0 Å². The van der Waals surface area contributed by atoms with E-state index in [-0.39, 0.29) is 0 Å². The summed E-state index contributed by atoms with van der Waals surface area (Å²) in [5, 5.41) is 10.9. The first kappa shape index (κ1) is 11.3. The van der Waals surface area contributed by atoms with Crippen LogP contribution in [0, 0.1) is 19.3 Å². The van der Waals surface area contributed by atoms with Gasteiger partial charge in [0.25, 0.3) is 0 Å². The molecule has 76 valence electrons. The minimum absolute atomic E-state index is 0.652. The maximum atomic E-state index is 5.11. The zero-order valence-corrected chi connectivity index (χ0v) is 9.29. The molecule has 0 aromatic carbocycles. The first-order chi connectivity index (χ1) is 6.84. The van der Waals surface area contributed by atoms with Gasteiger partial charge in [-0.25, -0.2) is 0 Å². The van der Waals surface area contributed by atoms with E-state index in [9.17, 15) is 0 Å². The van der Waals surface area contributed by atoms with Crippen LogP contribution in [-0.2, 0) is 6.54 Å². The van der Waals surface area contributed by atoms with Gasteiger partial charge in [-0.2, -0.15) is 11.3 Å². The summed E-state index contributed by atoms with van der Waals surface area (Å²) in [7, 11) is 0. The van der Waals surface area contributed by atoms with Gasteiger partial charge in [-0.3, -0.25) is 0 Å². The summed E-state index contributed by atoms with van der Waals surface area (Å²) in [6.07, 6.45) is 5.11. The summed E-state index contributed by atoms with van der Waals surface area (Å²) in [6, 6.07) is 0. The molecule has 0 aliphatic carbocycles. The molecule has 0 saturated heterocycles. The van der Waals surface area contributed by atoms with Gasteiger partial charge in [0.1, 0.15) is 0 Å². The number of hydrogen-bond donors (Lipinski definition) is 2. The van der Waals surface area contributed by atoms with Gasteiger partial charge in [-0.1, -0.05) is 5.92 Å². The molecule has 0 unspecified atom stereocenters. The minimum atomic E-state index is 0.652. The van der Waals surface area contributed by atoms with Crippen LogP contribution >= 0.6 is 11.3 Å². The zero-order valence-electron chi connectivity index (χ0n) is 8.47. The highest BCUT2D eigenvalue weighted by molar-refractivity contribution is 7.08. The van der Waals surface area contributed by atoms with Crippen molar-refractivity contribution >= 4 is 11.3 Å². The van der Waals surface area contributed by atoms with Crippen LogP contribution < -0.4 is 10.6 Å². The normalized spacial score (nSPS) is 10.0. The largest absolute Gasteiger partial charge is 0.311 e. The minimum Gasteiger partial charge on any atom is -0.311 e. The van der Waals surface area contributed by atoms with Crippen molar-refractivity contribution in [1.82, 2.24) is 10.6 Å². The lowest BCUT2D eigenvalue weighted by Crippen LogP contribution is -2.27. The Kier molecular flexibility index (Phi) is 5.31. The number of terminal acetylenes is 1. The third-order valence-electron chi connectivity index (χ3n) is 1.98. The highest BCUT2D eigenvalue weighted by Crippen LogP contribution is 2.12. The van der Waals surface area contributed by atoms with Crippen LogP contribution in [-0.4, -0.2) is 19.6 Å². The van der Waals surface area contributed by atoms with Crippen LogP contribution in [0.1, 0.15) is 11.1 Å². The maximum Gasteiger partial charge on any atom is 0.0574 e. The van der Waals surface area contributed by atoms with E-state index in [1.54, 1.807) is 11.3 Å². The molecule has 0 aliphatic heterocycles. The Morgan fingerprint density at radius 2 is 2.14 bits per heavy atom. The Balaban J connectivity index is 2.05. The molecular formula is C11H16N2S. The Bertz CT molecular complexity index is 298. The van der Waals surface area contributed by atoms with Crippen LogP contribution in [0.4, 0.5) is 0 Å². The molecule has 3 heteroatoms. The van der Waals surface area contributed by atoms with Crippen molar-refractivity contribution in [2.24, 2.45) is 0 Å². The Morgan fingerprint density at radius 3 is 2.79 bits per heavy atom. The second-order valence-corrected chi connectivity index (χ2v) is 3.88. The van der Waals surface area contributed by atoms with Crippen LogP contribution in [0.3, 0.4) is 0 Å². The topological polar surface area (TPSA) is 24.1 Å². The van der Waals surface area contributed by atoms with E-state index < -0.39 is 0 Å². The number of thiophene rings is 1. The average molecular weight is 208 g/mol. The molecule has 2 N–H and O–H groups in total. The fourth-order valence-electron chi connectivity index (χ4n) is 1.13. The van der Waals surface area contributed by atoms with Gasteiger partial charge in [-0.15, -0.1) is 6.42 Å². The van der Waals surface area contributed by atoms with Crippen LogP contribution in [0.15, 0.2) is 10.8 Å². The maximum absolute atomic E-state index is 5.11. The lowest BCUT2D eigenvalue weighted by atomic mass is 10.2. The fraction of sp³-hybridized carbons (Fsp3) is 0.455. The average Bonchev–Trinajstić information content (AvgIpc) is 2.58. The molecule has 0 atom stereocenters. The second kappa shape index (κ2) is 6.61. The molecule has 14 heavy (non-hydrogen) atoms. The van der Waals surface area contributed by atoms with Gasteiger partial charge in [0.05, 0.1) is 6.54 Å². The summed E-state index contributed by atoms with van der Waals surface area (Å²) in [5.74, 6) is 2.54. The van der Waals surface area contributed by atoms with Crippen LogP contribution in [0.2, 0.25) is 0 Å². The van der Waals surface area contributed by atoms with E-state index in [0.717, 1.165) is 19.6 Å². The summed E-state index contributed by atoms with van der Waals surface area (Å²) in [5.41, 5.74) is 2.77. The smallest absolute Gasteiger partial charge is 0.0574 e. The molecule has 1 rings (SSSR count). The van der Waals surface area contributed by atoms with Gasteiger partial charge in [-0.05, 0) is 28.8 Å². The molecule has 0 bridgehead atoms. The van der Waals surface area contributed by atoms with Crippen molar-refractivity contribution in [3.05, 3.63) is 21.9 Å². The van der Waals surface area contributed by atoms with Gasteiger partial charge >= 0.3 is 0 Å². The van der Waals surface area contributed by atoms with E-state index in [1.807, 2.05) is 0 Å². The molecule has 0 fully saturated rings. The number of rotatable bonds is 6. The SMILES string of the molecule is C#CCNCCNCc1cscc1C. The van der Waals surface area contributed by atoms with E-state index in [4.69, 9.17) is 6.42 Å². The number of nitrogens with one attached hydrogen (secondary N) is 2. The lowest BCUT2D eigenvalue weighted by Gasteiger charge is -2.04. The van der Waals surface area contributed by atoms with Crippen molar-refractivity contribution in [3.8, 4) is 12.3 Å². The molecule has 1 heterocycles. The first-order valence-corrected chi connectivity index (χ1v) is 5.65.